The molecule has 0 aliphatic heterocycles. The highest BCUT2D eigenvalue weighted by molar-refractivity contribution is 6.27. The van der Waals surface area contributed by atoms with Gasteiger partial charge in [-0.3, -0.25) is 0 Å². The summed E-state index contributed by atoms with van der Waals surface area (Å²) in [5.41, 5.74) is 11.6. The van der Waals surface area contributed by atoms with Crippen LogP contribution >= 0.6 is 0 Å². The molecule has 1 heterocycles. The molecule has 1 nitrogen and oxygen atoms in total. The van der Waals surface area contributed by atoms with E-state index in [9.17, 15) is 0 Å². The average molecular weight is 673 g/mol. The Morgan fingerprint density at radius 3 is 1.55 bits per heavy atom. The second-order valence-electron chi connectivity index (χ2n) is 14.0. The first-order valence-electron chi connectivity index (χ1n) is 18.3. The molecule has 11 rings (SSSR count). The summed E-state index contributed by atoms with van der Waals surface area (Å²) in [6.45, 7) is 0. The van der Waals surface area contributed by atoms with Crippen LogP contribution in [0.5, 0.6) is 0 Å². The van der Waals surface area contributed by atoms with Gasteiger partial charge < -0.3 is 4.42 Å². The second-order valence-corrected chi connectivity index (χ2v) is 14.0. The molecule has 53 heavy (non-hydrogen) atoms. The highest BCUT2D eigenvalue weighted by Gasteiger charge is 2.19. The third-order valence-electron chi connectivity index (χ3n) is 11.1. The molecule has 0 saturated carbocycles. The smallest absolute Gasteiger partial charge is 0.143 e. The first-order valence-corrected chi connectivity index (χ1v) is 18.3. The molecular weight excluding hydrogens is 641 g/mol. The van der Waals surface area contributed by atoms with Gasteiger partial charge in [-0.25, -0.2) is 0 Å². The summed E-state index contributed by atoms with van der Waals surface area (Å²) in [6.07, 6.45) is 0. The van der Waals surface area contributed by atoms with Gasteiger partial charge in [0, 0.05) is 16.5 Å². The van der Waals surface area contributed by atoms with Gasteiger partial charge in [-0.05, 0) is 94.2 Å². The summed E-state index contributed by atoms with van der Waals surface area (Å²) in [6, 6.07) is 70.4. The van der Waals surface area contributed by atoms with Crippen molar-refractivity contribution in [1.82, 2.24) is 0 Å². The normalized spacial score (nSPS) is 11.8. The molecular formula is C52H32O. The summed E-state index contributed by atoms with van der Waals surface area (Å²) < 4.78 is 6.62. The Balaban J connectivity index is 1.05. The van der Waals surface area contributed by atoms with E-state index in [0.717, 1.165) is 33.4 Å². The van der Waals surface area contributed by atoms with Gasteiger partial charge in [-0.2, -0.15) is 0 Å². The number of rotatable bonds is 5. The second kappa shape index (κ2) is 11.8. The lowest BCUT2D eigenvalue weighted by atomic mass is 9.86. The zero-order valence-electron chi connectivity index (χ0n) is 28.9. The summed E-state index contributed by atoms with van der Waals surface area (Å²) in [5, 5.41) is 11.3. The maximum Gasteiger partial charge on any atom is 0.143 e. The van der Waals surface area contributed by atoms with E-state index in [2.05, 4.69) is 188 Å². The van der Waals surface area contributed by atoms with E-state index in [1.54, 1.807) is 0 Å². The number of hydrogen-bond acceptors (Lipinski definition) is 1. The van der Waals surface area contributed by atoms with Crippen LogP contribution in [0.3, 0.4) is 0 Å². The first kappa shape index (κ1) is 29.7. The molecule has 0 N–H and O–H groups in total. The molecule has 246 valence electrons. The van der Waals surface area contributed by atoms with E-state index in [0.29, 0.717) is 0 Å². The number of furan rings is 1. The molecule has 0 saturated heterocycles. The summed E-state index contributed by atoms with van der Waals surface area (Å²) >= 11 is 0. The number of para-hydroxylation sites is 1. The monoisotopic (exact) mass is 672 g/mol. The number of benzene rings is 10. The Kier molecular flexibility index (Phi) is 6.62. The van der Waals surface area contributed by atoms with Crippen molar-refractivity contribution in [1.29, 1.82) is 0 Å². The molecule has 0 radical (unpaired) electrons. The van der Waals surface area contributed by atoms with Crippen molar-refractivity contribution in [3.63, 3.8) is 0 Å². The first-order chi connectivity index (χ1) is 26.3. The molecule has 0 aliphatic carbocycles. The maximum atomic E-state index is 6.62. The van der Waals surface area contributed by atoms with Gasteiger partial charge in [0.1, 0.15) is 11.3 Å². The van der Waals surface area contributed by atoms with Gasteiger partial charge in [0.25, 0.3) is 0 Å². The average Bonchev–Trinajstić information content (AvgIpc) is 3.63. The number of hydrogen-bond donors (Lipinski definition) is 0. The highest BCUT2D eigenvalue weighted by atomic mass is 16.3. The molecule has 0 bridgehead atoms. The van der Waals surface area contributed by atoms with Crippen molar-refractivity contribution in [2.75, 3.05) is 0 Å². The molecule has 1 heteroatoms. The third-order valence-corrected chi connectivity index (χ3v) is 11.1. The Labute approximate surface area is 307 Å². The van der Waals surface area contributed by atoms with E-state index in [-0.39, 0.29) is 0 Å². The minimum absolute atomic E-state index is 0.896. The van der Waals surface area contributed by atoms with Crippen molar-refractivity contribution in [2.24, 2.45) is 0 Å². The highest BCUT2D eigenvalue weighted by Crippen LogP contribution is 2.45. The van der Waals surface area contributed by atoms with Gasteiger partial charge in [-0.1, -0.05) is 182 Å². The van der Waals surface area contributed by atoms with Gasteiger partial charge in [0.2, 0.25) is 0 Å². The molecule has 10 aromatic carbocycles. The fraction of sp³-hybridized carbons (Fsp3) is 0. The summed E-state index contributed by atoms with van der Waals surface area (Å²) in [4.78, 5) is 0. The molecule has 0 unspecified atom stereocenters. The zero-order valence-corrected chi connectivity index (χ0v) is 28.9. The van der Waals surface area contributed by atoms with Crippen molar-refractivity contribution in [3.05, 3.63) is 194 Å². The van der Waals surface area contributed by atoms with Crippen LogP contribution in [0.2, 0.25) is 0 Å². The van der Waals surface area contributed by atoms with Crippen LogP contribution in [0.4, 0.5) is 0 Å². The maximum absolute atomic E-state index is 6.62. The summed E-state index contributed by atoms with van der Waals surface area (Å²) in [7, 11) is 0. The zero-order chi connectivity index (χ0) is 34.9. The lowest BCUT2D eigenvalue weighted by Gasteiger charge is -2.17. The van der Waals surface area contributed by atoms with Gasteiger partial charge in [-0.15, -0.1) is 0 Å². The predicted molar refractivity (Wildman–Crippen MR) is 225 cm³/mol. The van der Waals surface area contributed by atoms with Crippen LogP contribution in [-0.4, -0.2) is 0 Å². The molecule has 0 fully saturated rings. The van der Waals surface area contributed by atoms with Crippen LogP contribution in [0.1, 0.15) is 0 Å². The largest absolute Gasteiger partial charge is 0.455 e. The van der Waals surface area contributed by atoms with Crippen LogP contribution in [0, 0.1) is 0 Å². The fourth-order valence-electron chi connectivity index (χ4n) is 8.58. The topological polar surface area (TPSA) is 13.1 Å². The van der Waals surface area contributed by atoms with Crippen LogP contribution in [0.25, 0.3) is 110 Å². The summed E-state index contributed by atoms with van der Waals surface area (Å²) in [5.74, 6) is 0.896. The Bertz CT molecular complexity index is 3140. The van der Waals surface area contributed by atoms with Crippen LogP contribution in [0.15, 0.2) is 199 Å². The molecule has 0 spiro atoms. The van der Waals surface area contributed by atoms with Gasteiger partial charge in [0.05, 0.1) is 0 Å². The van der Waals surface area contributed by atoms with Crippen LogP contribution < -0.4 is 0 Å². The number of fused-ring (bicyclic) bond motifs is 2. The minimum atomic E-state index is 0.896. The van der Waals surface area contributed by atoms with E-state index in [4.69, 9.17) is 4.42 Å². The van der Waals surface area contributed by atoms with E-state index in [1.807, 2.05) is 6.07 Å². The third kappa shape index (κ3) is 4.71. The minimum Gasteiger partial charge on any atom is -0.455 e. The quantitative estimate of drug-likeness (QED) is 0.166. The fourth-order valence-corrected chi connectivity index (χ4v) is 8.58. The molecule has 0 amide bonds. The lowest BCUT2D eigenvalue weighted by Crippen LogP contribution is -1.90. The van der Waals surface area contributed by atoms with E-state index >= 15 is 0 Å². The van der Waals surface area contributed by atoms with Gasteiger partial charge >= 0.3 is 0 Å². The Hall–Kier alpha value is -6.96. The van der Waals surface area contributed by atoms with Crippen molar-refractivity contribution in [3.8, 4) is 55.8 Å². The molecule has 0 aliphatic rings. The SMILES string of the molecule is c1ccc(-c2c(-c3cccc(-c4ccc5ccc6c(-c7ccc(-c8cccc9ccccc89)cc7)ccc7ccc4c5c76)c3)oc3ccccc23)cc1. The lowest BCUT2D eigenvalue weighted by molar-refractivity contribution is 0.632. The van der Waals surface area contributed by atoms with Crippen molar-refractivity contribution >= 4 is 54.1 Å². The van der Waals surface area contributed by atoms with Crippen molar-refractivity contribution in [2.45, 2.75) is 0 Å². The molecule has 11 aromatic rings. The van der Waals surface area contributed by atoms with Gasteiger partial charge in [0.15, 0.2) is 0 Å². The Morgan fingerprint density at radius 1 is 0.283 bits per heavy atom. The molecule has 0 atom stereocenters. The van der Waals surface area contributed by atoms with E-state index < -0.39 is 0 Å². The molecule has 1 aromatic heterocycles. The predicted octanol–water partition coefficient (Wildman–Crippen LogP) is 14.8. The standard InChI is InChI=1S/C52H32O/c1-2-11-36(12-3-1)51-47-17-6-7-19-48(47)53-52(51)40-15-8-14-39(32-40)44-29-25-38-26-30-45-43(28-24-37-27-31-46(44)50(38)49(37)45)35-22-20-34(21-23-35)42-18-9-13-33-10-4-5-16-41(33)42/h1-32H. The van der Waals surface area contributed by atoms with Crippen molar-refractivity contribution < 1.29 is 4.42 Å². The van der Waals surface area contributed by atoms with E-state index in [1.165, 1.54) is 76.5 Å². The Morgan fingerprint density at radius 2 is 0.811 bits per heavy atom. The van der Waals surface area contributed by atoms with Crippen LogP contribution in [-0.2, 0) is 0 Å².